The van der Waals surface area contributed by atoms with E-state index < -0.39 is 29.2 Å². The molecule has 7 nitrogen and oxygen atoms in total. The van der Waals surface area contributed by atoms with Crippen LogP contribution in [0.4, 0.5) is 15.8 Å². The summed E-state index contributed by atoms with van der Waals surface area (Å²) in [6.07, 6.45) is 0. The largest absolute Gasteiger partial charge is 0.452 e. The highest BCUT2D eigenvalue weighted by atomic mass is 19.1. The van der Waals surface area contributed by atoms with Gasteiger partial charge < -0.3 is 10.1 Å². The van der Waals surface area contributed by atoms with Gasteiger partial charge in [0.05, 0.1) is 10.5 Å². The van der Waals surface area contributed by atoms with Crippen LogP contribution in [-0.2, 0) is 9.53 Å². The Hall–Kier alpha value is -3.29. The van der Waals surface area contributed by atoms with E-state index in [-0.39, 0.29) is 16.9 Å². The number of ether oxygens (including phenoxy) is 1. The molecule has 0 spiro atoms. The number of benzene rings is 2. The minimum Gasteiger partial charge on any atom is -0.452 e. The van der Waals surface area contributed by atoms with Crippen LogP contribution in [-0.4, -0.2) is 23.4 Å². The van der Waals surface area contributed by atoms with Gasteiger partial charge in [-0.05, 0) is 24.3 Å². The minimum atomic E-state index is -0.848. The fourth-order valence-electron chi connectivity index (χ4n) is 1.72. The van der Waals surface area contributed by atoms with Crippen molar-refractivity contribution in [3.8, 4) is 0 Å². The van der Waals surface area contributed by atoms with Crippen molar-refractivity contribution in [3.05, 3.63) is 70.0 Å². The number of hydrogen-bond acceptors (Lipinski definition) is 5. The van der Waals surface area contributed by atoms with E-state index in [1.165, 1.54) is 42.5 Å². The summed E-state index contributed by atoms with van der Waals surface area (Å²) in [5.41, 5.74) is -0.00120. The van der Waals surface area contributed by atoms with Crippen molar-refractivity contribution in [1.82, 2.24) is 0 Å². The zero-order chi connectivity index (χ0) is 16.8. The van der Waals surface area contributed by atoms with Crippen LogP contribution in [0.5, 0.6) is 0 Å². The summed E-state index contributed by atoms with van der Waals surface area (Å²) >= 11 is 0. The summed E-state index contributed by atoms with van der Waals surface area (Å²) in [6.45, 7) is -0.599. The molecule has 23 heavy (non-hydrogen) atoms. The predicted molar refractivity (Wildman–Crippen MR) is 78.4 cm³/mol. The third-order valence-corrected chi connectivity index (χ3v) is 2.74. The van der Waals surface area contributed by atoms with Gasteiger partial charge >= 0.3 is 5.97 Å². The molecule has 0 heterocycles. The maximum absolute atomic E-state index is 13.0. The molecule has 0 radical (unpaired) electrons. The Kier molecular flexibility index (Phi) is 4.98. The van der Waals surface area contributed by atoms with E-state index in [1.807, 2.05) is 0 Å². The molecule has 0 bridgehead atoms. The molecule has 0 saturated carbocycles. The van der Waals surface area contributed by atoms with Gasteiger partial charge in [0.15, 0.2) is 6.61 Å². The lowest BCUT2D eigenvalue weighted by Gasteiger charge is -2.06. The zero-order valence-electron chi connectivity index (χ0n) is 11.7. The number of non-ortho nitro benzene ring substituents is 1. The van der Waals surface area contributed by atoms with Gasteiger partial charge in [0.2, 0.25) is 0 Å². The summed E-state index contributed by atoms with van der Waals surface area (Å²) in [4.78, 5) is 33.3. The predicted octanol–water partition coefficient (Wildman–Crippen LogP) is 2.53. The number of amides is 1. The lowest BCUT2D eigenvalue weighted by Crippen LogP contribution is -2.21. The molecule has 0 unspecified atom stereocenters. The first-order valence-corrected chi connectivity index (χ1v) is 6.43. The van der Waals surface area contributed by atoms with E-state index in [0.29, 0.717) is 0 Å². The Morgan fingerprint density at radius 3 is 2.61 bits per heavy atom. The Labute approximate surface area is 129 Å². The number of anilines is 1. The molecule has 2 aromatic carbocycles. The van der Waals surface area contributed by atoms with Crippen molar-refractivity contribution in [3.63, 3.8) is 0 Å². The number of esters is 1. The number of carbonyl (C=O) groups excluding carboxylic acids is 2. The standard InChI is InChI=1S/C15H11FN2O5/c16-11-4-1-3-10(7-11)15(20)23-9-14(19)17-12-5-2-6-13(8-12)18(21)22/h1-8H,9H2,(H,17,19). The van der Waals surface area contributed by atoms with Gasteiger partial charge in [-0.2, -0.15) is 0 Å². The maximum Gasteiger partial charge on any atom is 0.338 e. The molecule has 0 atom stereocenters. The molecule has 118 valence electrons. The van der Waals surface area contributed by atoms with E-state index in [2.05, 4.69) is 5.32 Å². The number of nitro groups is 1. The molecule has 8 heteroatoms. The van der Waals surface area contributed by atoms with Crippen molar-refractivity contribution in [2.45, 2.75) is 0 Å². The molecule has 2 rings (SSSR count). The van der Waals surface area contributed by atoms with E-state index in [0.717, 1.165) is 6.07 Å². The van der Waals surface area contributed by atoms with Crippen molar-refractivity contribution in [2.24, 2.45) is 0 Å². The monoisotopic (exact) mass is 318 g/mol. The van der Waals surface area contributed by atoms with Gasteiger partial charge in [0, 0.05) is 17.8 Å². The van der Waals surface area contributed by atoms with Crippen molar-refractivity contribution in [1.29, 1.82) is 0 Å². The fourth-order valence-corrected chi connectivity index (χ4v) is 1.72. The minimum absolute atomic E-state index is 0.0202. The van der Waals surface area contributed by atoms with Gasteiger partial charge in [0.1, 0.15) is 5.82 Å². The molecule has 0 aliphatic heterocycles. The summed E-state index contributed by atoms with van der Waals surface area (Å²) in [6, 6.07) is 10.2. The average Bonchev–Trinajstić information content (AvgIpc) is 2.53. The topological polar surface area (TPSA) is 98.5 Å². The normalized spacial score (nSPS) is 9.96. The molecule has 0 aliphatic rings. The number of carbonyl (C=O) groups is 2. The average molecular weight is 318 g/mol. The van der Waals surface area contributed by atoms with Crippen molar-refractivity contribution in [2.75, 3.05) is 11.9 Å². The number of hydrogen-bond donors (Lipinski definition) is 1. The van der Waals surface area contributed by atoms with Crippen molar-refractivity contribution >= 4 is 23.3 Å². The molecule has 0 aromatic heterocycles. The quantitative estimate of drug-likeness (QED) is 0.519. The maximum atomic E-state index is 13.0. The molecule has 0 fully saturated rings. The Balaban J connectivity index is 1.91. The highest BCUT2D eigenvalue weighted by Crippen LogP contribution is 2.16. The van der Waals surface area contributed by atoms with Crippen molar-refractivity contribution < 1.29 is 23.6 Å². The molecule has 2 aromatic rings. The third-order valence-electron chi connectivity index (χ3n) is 2.74. The first kappa shape index (κ1) is 16.1. The van der Waals surface area contributed by atoms with Crippen LogP contribution in [0.25, 0.3) is 0 Å². The van der Waals surface area contributed by atoms with Gasteiger partial charge in [0.25, 0.3) is 11.6 Å². The smallest absolute Gasteiger partial charge is 0.338 e. The van der Waals surface area contributed by atoms with Crippen LogP contribution in [0.2, 0.25) is 0 Å². The molecular weight excluding hydrogens is 307 g/mol. The number of rotatable bonds is 5. The first-order chi connectivity index (χ1) is 11.0. The lowest BCUT2D eigenvalue weighted by atomic mass is 10.2. The van der Waals surface area contributed by atoms with Gasteiger partial charge in [-0.25, -0.2) is 9.18 Å². The number of nitrogens with zero attached hydrogens (tertiary/aromatic N) is 1. The van der Waals surface area contributed by atoms with Gasteiger partial charge in [-0.3, -0.25) is 14.9 Å². The molecular formula is C15H11FN2O5. The third kappa shape index (κ3) is 4.60. The number of halogens is 1. The summed E-state index contributed by atoms with van der Waals surface area (Å²) < 4.78 is 17.7. The molecule has 1 N–H and O–H groups in total. The van der Waals surface area contributed by atoms with Crippen LogP contribution in [0, 0.1) is 15.9 Å². The van der Waals surface area contributed by atoms with Gasteiger partial charge in [-0.15, -0.1) is 0 Å². The second-order valence-electron chi connectivity index (χ2n) is 4.44. The number of nitrogens with one attached hydrogen (secondary N) is 1. The molecule has 0 saturated heterocycles. The van der Waals surface area contributed by atoms with E-state index >= 15 is 0 Å². The number of nitro benzene ring substituents is 1. The highest BCUT2D eigenvalue weighted by molar-refractivity contribution is 5.95. The fraction of sp³-hybridized carbons (Fsp3) is 0.0667. The zero-order valence-corrected chi connectivity index (χ0v) is 11.7. The Bertz CT molecular complexity index is 763. The SMILES string of the molecule is O=C(COC(=O)c1cccc(F)c1)Nc1cccc([N+](=O)[O-])c1. The lowest BCUT2D eigenvalue weighted by molar-refractivity contribution is -0.384. The van der Waals surface area contributed by atoms with Crippen LogP contribution < -0.4 is 5.32 Å². The van der Waals surface area contributed by atoms with E-state index in [1.54, 1.807) is 0 Å². The second kappa shape index (κ2) is 7.12. The molecule has 1 amide bonds. The summed E-state index contributed by atoms with van der Waals surface area (Å²) in [7, 11) is 0. The van der Waals surface area contributed by atoms with E-state index in [9.17, 15) is 24.1 Å². The first-order valence-electron chi connectivity index (χ1n) is 6.43. The molecule has 0 aliphatic carbocycles. The Morgan fingerprint density at radius 1 is 1.17 bits per heavy atom. The van der Waals surface area contributed by atoms with Crippen LogP contribution in [0.3, 0.4) is 0 Å². The second-order valence-corrected chi connectivity index (χ2v) is 4.44. The Morgan fingerprint density at radius 2 is 1.91 bits per heavy atom. The van der Waals surface area contributed by atoms with Gasteiger partial charge in [-0.1, -0.05) is 12.1 Å². The highest BCUT2D eigenvalue weighted by Gasteiger charge is 2.12. The van der Waals surface area contributed by atoms with Crippen LogP contribution in [0.1, 0.15) is 10.4 Å². The van der Waals surface area contributed by atoms with E-state index in [4.69, 9.17) is 4.74 Å². The summed E-state index contributed by atoms with van der Waals surface area (Å²) in [5.74, 6) is -2.12. The summed E-state index contributed by atoms with van der Waals surface area (Å²) in [5, 5.41) is 13.0. The van der Waals surface area contributed by atoms with Crippen LogP contribution in [0.15, 0.2) is 48.5 Å². The van der Waals surface area contributed by atoms with Crippen LogP contribution >= 0.6 is 0 Å².